The van der Waals surface area contributed by atoms with E-state index in [2.05, 4.69) is 0 Å². The fourth-order valence-corrected chi connectivity index (χ4v) is 1.10. The molecule has 78 valence electrons. The molecule has 0 unspecified atom stereocenters. The summed E-state index contributed by atoms with van der Waals surface area (Å²) in [5, 5.41) is 0. The third-order valence-electron chi connectivity index (χ3n) is 1.87. The van der Waals surface area contributed by atoms with Gasteiger partial charge in [0.05, 0.1) is 6.61 Å². The minimum atomic E-state index is 0.00919. The second kappa shape index (κ2) is 6.34. The third kappa shape index (κ3) is 3.72. The van der Waals surface area contributed by atoms with Gasteiger partial charge < -0.3 is 15.0 Å². The molecule has 1 heterocycles. The zero-order valence-electron chi connectivity index (χ0n) is 8.19. The van der Waals surface area contributed by atoms with Gasteiger partial charge in [-0.25, -0.2) is 0 Å². The number of rotatable bonds is 6. The van der Waals surface area contributed by atoms with Crippen molar-refractivity contribution in [3.63, 3.8) is 0 Å². The molecule has 0 aliphatic rings. The van der Waals surface area contributed by atoms with E-state index >= 15 is 0 Å². The highest BCUT2D eigenvalue weighted by Crippen LogP contribution is 1.85. The first-order valence-electron chi connectivity index (χ1n) is 4.78. The van der Waals surface area contributed by atoms with Gasteiger partial charge in [0, 0.05) is 25.4 Å². The number of nitrogens with two attached hydrogens (primary N) is 1. The van der Waals surface area contributed by atoms with Gasteiger partial charge in [0.15, 0.2) is 0 Å². The van der Waals surface area contributed by atoms with Gasteiger partial charge >= 0.3 is 0 Å². The molecule has 0 bridgehead atoms. The van der Waals surface area contributed by atoms with E-state index in [-0.39, 0.29) is 5.56 Å². The summed E-state index contributed by atoms with van der Waals surface area (Å²) < 4.78 is 6.92. The summed E-state index contributed by atoms with van der Waals surface area (Å²) in [7, 11) is 0. The summed E-state index contributed by atoms with van der Waals surface area (Å²) in [4.78, 5) is 11.2. The lowest BCUT2D eigenvalue weighted by Gasteiger charge is -2.05. The van der Waals surface area contributed by atoms with Crippen molar-refractivity contribution in [2.45, 2.75) is 13.0 Å². The van der Waals surface area contributed by atoms with Crippen LogP contribution in [-0.4, -0.2) is 24.3 Å². The fourth-order valence-electron chi connectivity index (χ4n) is 1.10. The summed E-state index contributed by atoms with van der Waals surface area (Å²) in [6.07, 6.45) is 2.62. The van der Waals surface area contributed by atoms with Crippen LogP contribution in [0.2, 0.25) is 0 Å². The zero-order chi connectivity index (χ0) is 10.2. The maximum atomic E-state index is 11.2. The molecule has 4 nitrogen and oxygen atoms in total. The Balaban J connectivity index is 2.25. The molecule has 4 heteroatoms. The molecule has 0 aromatic carbocycles. The van der Waals surface area contributed by atoms with Crippen LogP contribution in [0.25, 0.3) is 0 Å². The minimum absolute atomic E-state index is 0.00919. The highest BCUT2D eigenvalue weighted by Gasteiger charge is 1.93. The topological polar surface area (TPSA) is 57.2 Å². The summed E-state index contributed by atoms with van der Waals surface area (Å²) in [5.41, 5.74) is 5.32. The molecule has 1 aromatic rings. The van der Waals surface area contributed by atoms with E-state index in [1.54, 1.807) is 22.9 Å². The van der Waals surface area contributed by atoms with Crippen molar-refractivity contribution in [1.82, 2.24) is 4.57 Å². The van der Waals surface area contributed by atoms with E-state index < -0.39 is 0 Å². The van der Waals surface area contributed by atoms with Gasteiger partial charge in [0.2, 0.25) is 0 Å². The lowest BCUT2D eigenvalue weighted by molar-refractivity contribution is 0.124. The summed E-state index contributed by atoms with van der Waals surface area (Å²) in [6.45, 7) is 2.47. The van der Waals surface area contributed by atoms with Crippen molar-refractivity contribution >= 4 is 0 Å². The number of hydrogen-bond donors (Lipinski definition) is 1. The Bertz CT molecular complexity index is 309. The van der Waals surface area contributed by atoms with E-state index in [0.717, 1.165) is 6.42 Å². The first-order chi connectivity index (χ1) is 6.84. The molecule has 0 fully saturated rings. The number of pyridine rings is 1. The van der Waals surface area contributed by atoms with Crippen molar-refractivity contribution in [2.75, 3.05) is 19.8 Å². The Morgan fingerprint density at radius 1 is 1.36 bits per heavy atom. The molecule has 0 radical (unpaired) electrons. The predicted octanol–water partition coefficient (Wildman–Crippen LogP) is 0.214. The second-order valence-electron chi connectivity index (χ2n) is 2.99. The molecular weight excluding hydrogens is 180 g/mol. The molecule has 0 spiro atoms. The monoisotopic (exact) mass is 196 g/mol. The number of aromatic nitrogens is 1. The normalized spacial score (nSPS) is 10.4. The van der Waals surface area contributed by atoms with Crippen LogP contribution in [0, 0.1) is 0 Å². The van der Waals surface area contributed by atoms with E-state index in [4.69, 9.17) is 10.5 Å². The smallest absolute Gasteiger partial charge is 0.250 e. The minimum Gasteiger partial charge on any atom is -0.380 e. The molecule has 0 aliphatic carbocycles. The third-order valence-corrected chi connectivity index (χ3v) is 1.87. The van der Waals surface area contributed by atoms with Gasteiger partial charge in [0.25, 0.3) is 5.56 Å². The highest BCUT2D eigenvalue weighted by atomic mass is 16.5. The Kier molecular flexibility index (Phi) is 4.96. The zero-order valence-corrected chi connectivity index (χ0v) is 8.19. The van der Waals surface area contributed by atoms with E-state index in [0.29, 0.717) is 26.3 Å². The van der Waals surface area contributed by atoms with Crippen molar-refractivity contribution < 1.29 is 4.74 Å². The van der Waals surface area contributed by atoms with E-state index in [1.807, 2.05) is 6.07 Å². The second-order valence-corrected chi connectivity index (χ2v) is 2.99. The van der Waals surface area contributed by atoms with Gasteiger partial charge in [-0.2, -0.15) is 0 Å². The molecule has 0 aliphatic heterocycles. The largest absolute Gasteiger partial charge is 0.380 e. The molecular formula is C10H16N2O2. The summed E-state index contributed by atoms with van der Waals surface area (Å²) >= 11 is 0. The van der Waals surface area contributed by atoms with Crippen LogP contribution in [0.3, 0.4) is 0 Å². The van der Waals surface area contributed by atoms with Crippen LogP contribution < -0.4 is 11.3 Å². The van der Waals surface area contributed by atoms with Gasteiger partial charge in [-0.15, -0.1) is 0 Å². The average Bonchev–Trinajstić information content (AvgIpc) is 2.20. The lowest BCUT2D eigenvalue weighted by Crippen LogP contribution is -2.20. The van der Waals surface area contributed by atoms with E-state index in [1.165, 1.54) is 0 Å². The van der Waals surface area contributed by atoms with Gasteiger partial charge in [-0.3, -0.25) is 4.79 Å². The maximum Gasteiger partial charge on any atom is 0.250 e. The molecule has 0 amide bonds. The number of hydrogen-bond acceptors (Lipinski definition) is 3. The van der Waals surface area contributed by atoms with Gasteiger partial charge in [0.1, 0.15) is 0 Å². The van der Waals surface area contributed by atoms with Crippen LogP contribution >= 0.6 is 0 Å². The molecule has 0 atom stereocenters. The molecule has 14 heavy (non-hydrogen) atoms. The Hall–Kier alpha value is -1.13. The number of ether oxygens (including phenoxy) is 1. The summed E-state index contributed by atoms with van der Waals surface area (Å²) in [6, 6.07) is 5.11. The molecule has 0 saturated carbocycles. The highest BCUT2D eigenvalue weighted by molar-refractivity contribution is 4.92. The molecule has 1 aromatic heterocycles. The van der Waals surface area contributed by atoms with Crippen molar-refractivity contribution in [3.8, 4) is 0 Å². The van der Waals surface area contributed by atoms with Gasteiger partial charge in [-0.05, 0) is 19.0 Å². The van der Waals surface area contributed by atoms with Crippen molar-refractivity contribution in [3.05, 3.63) is 34.7 Å². The standard InChI is InChI=1S/C10H16N2O2/c11-5-3-8-14-9-7-12-6-2-1-4-10(12)13/h1-2,4,6H,3,5,7-9,11H2. The molecule has 1 rings (SSSR count). The Labute approximate surface area is 83.3 Å². The van der Waals surface area contributed by atoms with Crippen LogP contribution in [0.4, 0.5) is 0 Å². The first-order valence-corrected chi connectivity index (χ1v) is 4.78. The van der Waals surface area contributed by atoms with Crippen LogP contribution in [0.1, 0.15) is 6.42 Å². The number of nitrogens with zero attached hydrogens (tertiary/aromatic N) is 1. The van der Waals surface area contributed by atoms with E-state index in [9.17, 15) is 4.79 Å². The van der Waals surface area contributed by atoms with Crippen LogP contribution in [0.15, 0.2) is 29.2 Å². The lowest BCUT2D eigenvalue weighted by atomic mass is 10.4. The van der Waals surface area contributed by atoms with Crippen LogP contribution in [0.5, 0.6) is 0 Å². The van der Waals surface area contributed by atoms with Gasteiger partial charge in [-0.1, -0.05) is 6.07 Å². The fraction of sp³-hybridized carbons (Fsp3) is 0.500. The average molecular weight is 196 g/mol. The first kappa shape index (κ1) is 10.9. The SMILES string of the molecule is NCCCOCCn1ccccc1=O. The molecule has 0 saturated heterocycles. The maximum absolute atomic E-state index is 11.2. The Morgan fingerprint density at radius 2 is 2.21 bits per heavy atom. The Morgan fingerprint density at radius 3 is 2.93 bits per heavy atom. The quantitative estimate of drug-likeness (QED) is 0.662. The summed E-state index contributed by atoms with van der Waals surface area (Å²) in [5.74, 6) is 0. The predicted molar refractivity (Wildman–Crippen MR) is 55.2 cm³/mol. The van der Waals surface area contributed by atoms with Crippen molar-refractivity contribution in [1.29, 1.82) is 0 Å². The molecule has 2 N–H and O–H groups in total. The van der Waals surface area contributed by atoms with Crippen molar-refractivity contribution in [2.24, 2.45) is 5.73 Å². The van der Waals surface area contributed by atoms with Crippen LogP contribution in [-0.2, 0) is 11.3 Å².